The van der Waals surface area contributed by atoms with Crippen LogP contribution in [0.5, 0.6) is 0 Å². The number of fused-ring (bicyclic) bond motifs is 1. The van der Waals surface area contributed by atoms with Gasteiger partial charge in [-0.1, -0.05) is 130 Å². The van der Waals surface area contributed by atoms with Gasteiger partial charge in [0.2, 0.25) is 0 Å². The zero-order valence-electron chi connectivity index (χ0n) is 29.1. The number of rotatable bonds is 3. The summed E-state index contributed by atoms with van der Waals surface area (Å²) in [6.07, 6.45) is 0. The van der Waals surface area contributed by atoms with Crippen LogP contribution in [0.4, 0.5) is 17.1 Å². The van der Waals surface area contributed by atoms with Crippen LogP contribution in [-0.4, -0.2) is 4.57 Å². The first-order valence-corrected chi connectivity index (χ1v) is 16.9. The monoisotopic (exact) mass is 602 g/mol. The van der Waals surface area contributed by atoms with Gasteiger partial charge in [0, 0.05) is 38.7 Å². The second-order valence-corrected chi connectivity index (χ2v) is 16.8. The summed E-state index contributed by atoms with van der Waals surface area (Å²) >= 11 is 0. The average Bonchev–Trinajstić information content (AvgIpc) is 3.33. The van der Waals surface area contributed by atoms with E-state index in [1.807, 2.05) is 0 Å². The van der Waals surface area contributed by atoms with E-state index in [9.17, 15) is 0 Å². The second kappa shape index (κ2) is 9.16. The molecule has 0 unspecified atom stereocenters. The molecule has 2 aliphatic heterocycles. The summed E-state index contributed by atoms with van der Waals surface area (Å²) in [5, 5.41) is 2.67. The van der Waals surface area contributed by atoms with Crippen LogP contribution in [0.25, 0.3) is 27.5 Å². The van der Waals surface area contributed by atoms with Crippen molar-refractivity contribution in [3.8, 4) is 5.69 Å². The third kappa shape index (κ3) is 3.89. The number of nitrogens with zero attached hydrogens (tertiary/aromatic N) is 2. The van der Waals surface area contributed by atoms with Crippen molar-refractivity contribution in [1.29, 1.82) is 0 Å². The maximum Gasteiger partial charge on any atom is 0.0583 e. The van der Waals surface area contributed by atoms with Gasteiger partial charge in [-0.15, -0.1) is 0 Å². The topological polar surface area (TPSA) is 8.17 Å². The van der Waals surface area contributed by atoms with Gasteiger partial charge in [0.05, 0.1) is 16.7 Å². The number of aromatic nitrogens is 1. The molecule has 0 saturated heterocycles. The number of hydrogen-bond donors (Lipinski definition) is 0. The highest BCUT2D eigenvalue weighted by Gasteiger charge is 2.43. The van der Waals surface area contributed by atoms with E-state index < -0.39 is 0 Å². The molecule has 0 radical (unpaired) electrons. The summed E-state index contributed by atoms with van der Waals surface area (Å²) in [4.78, 5) is 2.47. The van der Waals surface area contributed by atoms with Crippen molar-refractivity contribution in [2.75, 3.05) is 4.90 Å². The van der Waals surface area contributed by atoms with Crippen molar-refractivity contribution >= 4 is 38.9 Å². The van der Waals surface area contributed by atoms with E-state index in [4.69, 9.17) is 0 Å². The fourth-order valence-electron chi connectivity index (χ4n) is 8.26. The van der Waals surface area contributed by atoms with Crippen LogP contribution in [0.1, 0.15) is 103 Å². The van der Waals surface area contributed by atoms with E-state index >= 15 is 0 Å². The summed E-state index contributed by atoms with van der Waals surface area (Å²) in [6.45, 7) is 23.4. The lowest BCUT2D eigenvalue weighted by atomic mass is 9.68. The van der Waals surface area contributed by atoms with Crippen molar-refractivity contribution in [2.24, 2.45) is 0 Å². The Balaban J connectivity index is 1.45. The largest absolute Gasteiger partial charge is 0.310 e. The van der Waals surface area contributed by atoms with Crippen molar-refractivity contribution < 1.29 is 0 Å². The van der Waals surface area contributed by atoms with Gasteiger partial charge < -0.3 is 9.47 Å². The van der Waals surface area contributed by atoms with Crippen molar-refractivity contribution in [3.05, 3.63) is 130 Å². The first kappa shape index (κ1) is 29.1. The molecule has 8 rings (SSSR count). The Morgan fingerprint density at radius 2 is 0.935 bits per heavy atom. The lowest BCUT2D eigenvalue weighted by Gasteiger charge is -2.42. The standard InChI is InChI=1S/C44H46N2/c1-41(2,3)27-17-21-29(22-18-27)45(30-23-19-28(20-24-30)42(4,5)6)31-25-33-32-13-11-14-34-38(32)46-39(33)37(26-31)44(9,10)36-16-12-15-35(40(36)46)43(34,7)8/h11-26H,1-10H3. The van der Waals surface area contributed by atoms with Gasteiger partial charge in [-0.05, 0) is 80.6 Å². The lowest BCUT2D eigenvalue weighted by Crippen LogP contribution is -2.33. The van der Waals surface area contributed by atoms with Gasteiger partial charge in [-0.3, -0.25) is 0 Å². The molecule has 0 atom stereocenters. The lowest BCUT2D eigenvalue weighted by molar-refractivity contribution is 0.590. The summed E-state index contributed by atoms with van der Waals surface area (Å²) in [5.74, 6) is 0. The Kier molecular flexibility index (Phi) is 5.80. The Hall–Kier alpha value is -4.30. The summed E-state index contributed by atoms with van der Waals surface area (Å²) in [7, 11) is 0. The number of hydrogen-bond acceptors (Lipinski definition) is 1. The van der Waals surface area contributed by atoms with E-state index in [1.165, 1.54) is 77.9 Å². The molecule has 0 aliphatic carbocycles. The summed E-state index contributed by atoms with van der Waals surface area (Å²) in [5.41, 5.74) is 15.9. The van der Waals surface area contributed by atoms with Crippen LogP contribution in [0.2, 0.25) is 0 Å². The third-order valence-electron chi connectivity index (χ3n) is 11.1. The van der Waals surface area contributed by atoms with E-state index in [1.54, 1.807) is 0 Å². The maximum atomic E-state index is 2.61. The van der Waals surface area contributed by atoms with Crippen LogP contribution in [0, 0.1) is 0 Å². The fraction of sp³-hybridized carbons (Fsp3) is 0.318. The highest BCUT2D eigenvalue weighted by Crippen LogP contribution is 2.56. The van der Waals surface area contributed by atoms with Crippen LogP contribution in [-0.2, 0) is 21.7 Å². The summed E-state index contributed by atoms with van der Waals surface area (Å²) in [6, 6.07) is 37.3. The van der Waals surface area contributed by atoms with Crippen molar-refractivity contribution in [1.82, 2.24) is 4.57 Å². The van der Waals surface area contributed by atoms with E-state index in [-0.39, 0.29) is 21.7 Å². The summed E-state index contributed by atoms with van der Waals surface area (Å²) < 4.78 is 2.61. The van der Waals surface area contributed by atoms with Gasteiger partial charge in [0.25, 0.3) is 0 Å². The molecule has 0 fully saturated rings. The van der Waals surface area contributed by atoms with Gasteiger partial charge in [0.15, 0.2) is 0 Å². The van der Waals surface area contributed by atoms with Gasteiger partial charge in [-0.25, -0.2) is 0 Å². The molecule has 0 bridgehead atoms. The molecule has 2 heteroatoms. The Morgan fingerprint density at radius 1 is 0.478 bits per heavy atom. The number of benzene rings is 5. The van der Waals surface area contributed by atoms with E-state index in [0.29, 0.717) is 0 Å². The first-order valence-electron chi connectivity index (χ1n) is 16.9. The molecule has 5 aromatic carbocycles. The van der Waals surface area contributed by atoms with Crippen LogP contribution < -0.4 is 4.90 Å². The second-order valence-electron chi connectivity index (χ2n) is 16.8. The highest BCUT2D eigenvalue weighted by molar-refractivity contribution is 6.15. The highest BCUT2D eigenvalue weighted by atomic mass is 15.1. The maximum absolute atomic E-state index is 2.61. The normalized spacial score (nSPS) is 16.0. The van der Waals surface area contributed by atoms with Crippen molar-refractivity contribution in [3.63, 3.8) is 0 Å². The molecule has 232 valence electrons. The van der Waals surface area contributed by atoms with Gasteiger partial charge in [-0.2, -0.15) is 0 Å². The Morgan fingerprint density at radius 3 is 1.46 bits per heavy atom. The zero-order chi connectivity index (χ0) is 32.6. The quantitative estimate of drug-likeness (QED) is 0.196. The van der Waals surface area contributed by atoms with Crippen molar-refractivity contribution in [2.45, 2.75) is 90.9 Å². The van der Waals surface area contributed by atoms with Gasteiger partial charge >= 0.3 is 0 Å². The molecule has 0 spiro atoms. The van der Waals surface area contributed by atoms with Gasteiger partial charge in [0.1, 0.15) is 0 Å². The predicted molar refractivity (Wildman–Crippen MR) is 197 cm³/mol. The molecule has 6 aromatic rings. The van der Waals surface area contributed by atoms with Crippen LogP contribution >= 0.6 is 0 Å². The molecule has 46 heavy (non-hydrogen) atoms. The molecule has 2 aliphatic rings. The molecule has 2 nitrogen and oxygen atoms in total. The molecule has 0 N–H and O–H groups in total. The third-order valence-corrected chi connectivity index (χ3v) is 11.1. The Labute approximate surface area is 274 Å². The minimum atomic E-state index is -0.171. The first-order chi connectivity index (χ1) is 21.6. The fourth-order valence-corrected chi connectivity index (χ4v) is 8.26. The van der Waals surface area contributed by atoms with E-state index in [2.05, 4.69) is 176 Å². The van der Waals surface area contributed by atoms with E-state index in [0.717, 1.165) is 0 Å². The average molecular weight is 603 g/mol. The zero-order valence-corrected chi connectivity index (χ0v) is 29.1. The molecule has 1 aromatic heterocycles. The van der Waals surface area contributed by atoms with Crippen LogP contribution in [0.15, 0.2) is 97.1 Å². The number of anilines is 3. The molecule has 3 heterocycles. The SMILES string of the molecule is CC(C)(C)c1ccc(N(c2ccc(C(C)(C)C)cc2)c2cc3c4c(c2)c2cccc5c2n4-c2c(cccc2C3(C)C)C5(C)C)cc1. The molecular formula is C44H46N2. The minimum absolute atomic E-state index is 0.0821. The van der Waals surface area contributed by atoms with Crippen LogP contribution in [0.3, 0.4) is 0 Å². The molecular weight excluding hydrogens is 556 g/mol. The number of para-hydroxylation sites is 2. The predicted octanol–water partition coefficient (Wildman–Crippen LogP) is 12.1. The minimum Gasteiger partial charge on any atom is -0.310 e. The molecule has 0 amide bonds. The molecule has 0 saturated carbocycles. The smallest absolute Gasteiger partial charge is 0.0583 e. The Bertz CT molecular complexity index is 2130.